The van der Waals surface area contributed by atoms with E-state index in [1.54, 1.807) is 36.5 Å². The number of thiazole rings is 1. The van der Waals surface area contributed by atoms with Crippen LogP contribution < -0.4 is 5.32 Å². The number of rotatable bonds is 5. The summed E-state index contributed by atoms with van der Waals surface area (Å²) in [6.07, 6.45) is 1.15. The number of aryl methyl sites for hydroxylation is 1. The molecule has 2 rings (SSSR count). The predicted molar refractivity (Wildman–Crippen MR) is 88.9 cm³/mol. The quantitative estimate of drug-likeness (QED) is 0.907. The van der Waals surface area contributed by atoms with Gasteiger partial charge in [0.05, 0.1) is 16.5 Å². The molecule has 1 N–H and O–H groups in total. The normalized spacial score (nSPS) is 12.9. The van der Waals surface area contributed by atoms with E-state index in [0.29, 0.717) is 5.56 Å². The van der Waals surface area contributed by atoms with Crippen LogP contribution >= 0.6 is 11.3 Å². The van der Waals surface area contributed by atoms with Crippen molar-refractivity contribution < 1.29 is 13.2 Å². The first kappa shape index (κ1) is 16.6. The highest BCUT2D eigenvalue weighted by molar-refractivity contribution is 7.90. The first-order valence-corrected chi connectivity index (χ1v) is 9.70. The molecule has 0 fully saturated rings. The minimum absolute atomic E-state index is 0.0797. The zero-order valence-corrected chi connectivity index (χ0v) is 14.3. The number of nitrogens with one attached hydrogen (secondary N) is 1. The summed E-state index contributed by atoms with van der Waals surface area (Å²) in [4.78, 5) is 16.6. The molecule has 1 amide bonds. The van der Waals surface area contributed by atoms with Crippen molar-refractivity contribution in [3.05, 3.63) is 40.2 Å². The second-order valence-electron chi connectivity index (χ2n) is 5.30. The van der Waals surface area contributed by atoms with Crippen LogP contribution in [-0.4, -0.2) is 37.4 Å². The summed E-state index contributed by atoms with van der Waals surface area (Å²) < 4.78 is 22.5. The third kappa shape index (κ3) is 4.64. The van der Waals surface area contributed by atoms with Gasteiger partial charge in [-0.25, -0.2) is 13.4 Å². The maximum atomic E-state index is 12.2. The Morgan fingerprint density at radius 2 is 2.14 bits per heavy atom. The molecule has 0 aliphatic heterocycles. The fraction of sp³-hybridized carbons (Fsp3) is 0.333. The average molecular weight is 338 g/mol. The Hall–Kier alpha value is -1.73. The van der Waals surface area contributed by atoms with Crippen molar-refractivity contribution in [2.75, 3.05) is 12.0 Å². The van der Waals surface area contributed by atoms with Crippen LogP contribution in [0.15, 0.2) is 29.6 Å². The molecule has 0 spiro atoms. The van der Waals surface area contributed by atoms with Crippen LogP contribution in [0.5, 0.6) is 0 Å². The number of hydrogen-bond acceptors (Lipinski definition) is 5. The van der Waals surface area contributed by atoms with Crippen molar-refractivity contribution in [2.45, 2.75) is 19.9 Å². The Bertz CT molecular complexity index is 782. The Kier molecular flexibility index (Phi) is 4.97. The topological polar surface area (TPSA) is 76.1 Å². The Morgan fingerprint density at radius 1 is 1.41 bits per heavy atom. The van der Waals surface area contributed by atoms with E-state index < -0.39 is 15.9 Å². The number of benzene rings is 1. The minimum Gasteiger partial charge on any atom is -0.349 e. The minimum atomic E-state index is -3.12. The highest BCUT2D eigenvalue weighted by atomic mass is 32.2. The molecule has 0 saturated carbocycles. The molecule has 1 heterocycles. The second kappa shape index (κ2) is 6.58. The third-order valence-corrected chi connectivity index (χ3v) is 4.85. The monoisotopic (exact) mass is 338 g/mol. The van der Waals surface area contributed by atoms with Gasteiger partial charge in [0, 0.05) is 28.8 Å². The lowest BCUT2D eigenvalue weighted by atomic mass is 10.1. The van der Waals surface area contributed by atoms with Crippen LogP contribution in [-0.2, 0) is 9.84 Å². The summed E-state index contributed by atoms with van der Waals surface area (Å²) in [6, 6.07) is 6.71. The van der Waals surface area contributed by atoms with Crippen molar-refractivity contribution in [1.29, 1.82) is 0 Å². The average Bonchev–Trinajstić information content (AvgIpc) is 2.83. The molecule has 5 nitrogen and oxygen atoms in total. The molecule has 118 valence electrons. The molecular weight excluding hydrogens is 320 g/mol. The van der Waals surface area contributed by atoms with E-state index in [1.165, 1.54) is 0 Å². The van der Waals surface area contributed by atoms with Crippen LogP contribution in [0.25, 0.3) is 11.3 Å². The fourth-order valence-electron chi connectivity index (χ4n) is 2.12. The summed E-state index contributed by atoms with van der Waals surface area (Å²) >= 11 is 1.55. The molecule has 22 heavy (non-hydrogen) atoms. The van der Waals surface area contributed by atoms with Gasteiger partial charge in [-0.05, 0) is 26.0 Å². The van der Waals surface area contributed by atoms with Gasteiger partial charge < -0.3 is 5.32 Å². The summed E-state index contributed by atoms with van der Waals surface area (Å²) in [5, 5.41) is 5.61. The van der Waals surface area contributed by atoms with E-state index in [0.717, 1.165) is 22.5 Å². The zero-order valence-electron chi connectivity index (χ0n) is 12.7. The Balaban J connectivity index is 2.14. The van der Waals surface area contributed by atoms with Crippen molar-refractivity contribution in [2.24, 2.45) is 0 Å². The number of carbonyl (C=O) groups is 1. The number of nitrogens with zero attached hydrogens (tertiary/aromatic N) is 1. The molecular formula is C15H18N2O3S2. The van der Waals surface area contributed by atoms with Gasteiger partial charge in [-0.15, -0.1) is 11.3 Å². The fourth-order valence-corrected chi connectivity index (χ4v) is 3.73. The summed E-state index contributed by atoms with van der Waals surface area (Å²) in [5.41, 5.74) is 2.19. The zero-order chi connectivity index (χ0) is 16.3. The molecule has 0 aliphatic rings. The van der Waals surface area contributed by atoms with E-state index in [9.17, 15) is 13.2 Å². The molecule has 7 heteroatoms. The van der Waals surface area contributed by atoms with Gasteiger partial charge in [0.25, 0.3) is 5.91 Å². The summed E-state index contributed by atoms with van der Waals surface area (Å²) in [5.74, 6) is -0.367. The van der Waals surface area contributed by atoms with E-state index in [4.69, 9.17) is 0 Å². The molecule has 0 unspecified atom stereocenters. The highest BCUT2D eigenvalue weighted by Gasteiger charge is 2.15. The number of aromatic nitrogens is 1. The lowest BCUT2D eigenvalue weighted by molar-refractivity contribution is 0.0943. The Morgan fingerprint density at radius 3 is 2.73 bits per heavy atom. The van der Waals surface area contributed by atoms with Gasteiger partial charge in [-0.3, -0.25) is 4.79 Å². The van der Waals surface area contributed by atoms with Crippen molar-refractivity contribution in [1.82, 2.24) is 10.3 Å². The standard InChI is InChI=1S/C15H18N2O3S2/c1-10(9-22(3,19)20)16-15(18)13-6-4-5-12(7-13)14-8-21-11(2)17-14/h4-8,10H,9H2,1-3H3,(H,16,18)/t10-/m0/s1. The number of hydrogen-bond donors (Lipinski definition) is 1. The maximum absolute atomic E-state index is 12.2. The van der Waals surface area contributed by atoms with Gasteiger partial charge in [0.15, 0.2) is 0 Å². The van der Waals surface area contributed by atoms with Crippen molar-refractivity contribution in [3.63, 3.8) is 0 Å². The lowest BCUT2D eigenvalue weighted by Crippen LogP contribution is -2.37. The van der Waals surface area contributed by atoms with E-state index in [1.807, 2.05) is 18.4 Å². The van der Waals surface area contributed by atoms with Crippen LogP contribution in [0.3, 0.4) is 0 Å². The van der Waals surface area contributed by atoms with E-state index >= 15 is 0 Å². The smallest absolute Gasteiger partial charge is 0.251 e. The molecule has 0 saturated heterocycles. The molecule has 1 aromatic heterocycles. The number of carbonyl (C=O) groups excluding carboxylic acids is 1. The molecule has 2 aromatic rings. The molecule has 1 atom stereocenters. The number of amides is 1. The van der Waals surface area contributed by atoms with Crippen molar-refractivity contribution >= 4 is 27.1 Å². The second-order valence-corrected chi connectivity index (χ2v) is 8.55. The Labute approximate surface area is 134 Å². The highest BCUT2D eigenvalue weighted by Crippen LogP contribution is 2.22. The first-order chi connectivity index (χ1) is 10.2. The van der Waals surface area contributed by atoms with Gasteiger partial charge in [-0.2, -0.15) is 0 Å². The van der Waals surface area contributed by atoms with Gasteiger partial charge >= 0.3 is 0 Å². The van der Waals surface area contributed by atoms with Crippen LogP contribution in [0.4, 0.5) is 0 Å². The SMILES string of the molecule is Cc1nc(-c2cccc(C(=O)N[C@@H](C)CS(C)(=O)=O)c2)cs1. The lowest BCUT2D eigenvalue weighted by Gasteiger charge is -2.13. The predicted octanol–water partition coefficient (Wildman–Crippen LogP) is 2.28. The number of sulfone groups is 1. The first-order valence-electron chi connectivity index (χ1n) is 6.76. The van der Waals surface area contributed by atoms with Crippen LogP contribution in [0, 0.1) is 6.92 Å². The molecule has 0 radical (unpaired) electrons. The largest absolute Gasteiger partial charge is 0.349 e. The molecule has 1 aromatic carbocycles. The summed E-state index contributed by atoms with van der Waals surface area (Å²) in [6.45, 7) is 3.60. The van der Waals surface area contributed by atoms with Gasteiger partial charge in [0.1, 0.15) is 9.84 Å². The van der Waals surface area contributed by atoms with Crippen LogP contribution in [0.2, 0.25) is 0 Å². The summed E-state index contributed by atoms with van der Waals surface area (Å²) in [7, 11) is -3.12. The molecule has 0 bridgehead atoms. The van der Waals surface area contributed by atoms with Gasteiger partial charge in [0.2, 0.25) is 0 Å². The van der Waals surface area contributed by atoms with Gasteiger partial charge in [-0.1, -0.05) is 12.1 Å². The third-order valence-electron chi connectivity index (χ3n) is 2.97. The molecule has 0 aliphatic carbocycles. The maximum Gasteiger partial charge on any atom is 0.251 e. The van der Waals surface area contributed by atoms with E-state index in [-0.39, 0.29) is 11.7 Å². The van der Waals surface area contributed by atoms with E-state index in [2.05, 4.69) is 10.3 Å². The van der Waals surface area contributed by atoms with Crippen LogP contribution in [0.1, 0.15) is 22.3 Å². The van der Waals surface area contributed by atoms with Crippen molar-refractivity contribution in [3.8, 4) is 11.3 Å².